The van der Waals surface area contributed by atoms with Gasteiger partial charge in [0.1, 0.15) is 17.3 Å². The molecule has 0 aromatic heterocycles. The Morgan fingerprint density at radius 2 is 1.70 bits per heavy atom. The van der Waals surface area contributed by atoms with Gasteiger partial charge in [-0.15, -0.1) is 0 Å². The van der Waals surface area contributed by atoms with Crippen molar-refractivity contribution in [3.63, 3.8) is 0 Å². The van der Waals surface area contributed by atoms with Crippen LogP contribution in [-0.2, 0) is 9.59 Å². The first-order chi connectivity index (χ1) is 15.7. The predicted octanol–water partition coefficient (Wildman–Crippen LogP) is 5.73. The number of aryl methyl sites for hydroxylation is 2. The molecule has 1 fully saturated rings. The SMILES string of the molecule is COc1ccc(C2/C(=C(\O)c3ccc(C)c(C)c3)C(=O)C(=O)N2c2ccc(F)c(Cl)c2)cc1. The maximum Gasteiger partial charge on any atom is 0.300 e. The topological polar surface area (TPSA) is 66.8 Å². The molecular weight excluding hydrogens is 445 g/mol. The number of amides is 1. The van der Waals surface area contributed by atoms with Gasteiger partial charge in [0, 0.05) is 11.3 Å². The highest BCUT2D eigenvalue weighted by atomic mass is 35.5. The first kappa shape index (κ1) is 22.6. The number of methoxy groups -OCH3 is 1. The molecule has 3 aromatic rings. The molecule has 1 heterocycles. The van der Waals surface area contributed by atoms with Crippen molar-refractivity contribution >= 4 is 34.7 Å². The van der Waals surface area contributed by atoms with Gasteiger partial charge in [-0.3, -0.25) is 14.5 Å². The lowest BCUT2D eigenvalue weighted by atomic mass is 9.94. The van der Waals surface area contributed by atoms with Crippen molar-refractivity contribution in [3.8, 4) is 5.75 Å². The average Bonchev–Trinajstić information content (AvgIpc) is 3.07. The summed E-state index contributed by atoms with van der Waals surface area (Å²) in [6.45, 7) is 3.83. The van der Waals surface area contributed by atoms with Crippen molar-refractivity contribution in [3.05, 3.63) is 99.3 Å². The van der Waals surface area contributed by atoms with Crippen molar-refractivity contribution in [2.45, 2.75) is 19.9 Å². The highest BCUT2D eigenvalue weighted by Crippen LogP contribution is 2.43. The summed E-state index contributed by atoms with van der Waals surface area (Å²) in [5.74, 6) is -2.02. The summed E-state index contributed by atoms with van der Waals surface area (Å²) in [6.07, 6.45) is 0. The van der Waals surface area contributed by atoms with Crippen LogP contribution in [0.1, 0.15) is 28.3 Å². The van der Waals surface area contributed by atoms with Gasteiger partial charge in [-0.05, 0) is 66.9 Å². The van der Waals surface area contributed by atoms with E-state index in [9.17, 15) is 19.1 Å². The molecule has 33 heavy (non-hydrogen) atoms. The van der Waals surface area contributed by atoms with Gasteiger partial charge in [-0.1, -0.05) is 35.9 Å². The van der Waals surface area contributed by atoms with E-state index in [0.29, 0.717) is 16.9 Å². The van der Waals surface area contributed by atoms with E-state index in [1.165, 1.54) is 24.1 Å². The number of ether oxygens (including phenoxy) is 1. The first-order valence-corrected chi connectivity index (χ1v) is 10.6. The molecule has 5 nitrogen and oxygen atoms in total. The number of hydrogen-bond acceptors (Lipinski definition) is 4. The highest BCUT2D eigenvalue weighted by Gasteiger charge is 2.47. The molecule has 1 aliphatic rings. The van der Waals surface area contributed by atoms with E-state index < -0.39 is 23.5 Å². The number of hydrogen-bond donors (Lipinski definition) is 1. The number of halogens is 2. The minimum atomic E-state index is -0.945. The van der Waals surface area contributed by atoms with Crippen LogP contribution < -0.4 is 9.64 Å². The highest BCUT2D eigenvalue weighted by molar-refractivity contribution is 6.51. The normalized spacial score (nSPS) is 17.5. The van der Waals surface area contributed by atoms with Gasteiger partial charge in [0.15, 0.2) is 0 Å². The van der Waals surface area contributed by atoms with E-state index >= 15 is 0 Å². The fraction of sp³-hybridized carbons (Fsp3) is 0.154. The number of nitrogens with zero attached hydrogens (tertiary/aromatic N) is 1. The number of ketones is 1. The molecule has 1 aliphatic heterocycles. The molecule has 0 saturated carbocycles. The summed E-state index contributed by atoms with van der Waals surface area (Å²) < 4.78 is 19.0. The van der Waals surface area contributed by atoms with Crippen molar-refractivity contribution in [2.75, 3.05) is 12.0 Å². The molecule has 4 rings (SSSR count). The van der Waals surface area contributed by atoms with Gasteiger partial charge in [-0.2, -0.15) is 0 Å². The fourth-order valence-electron chi connectivity index (χ4n) is 3.88. The summed E-state index contributed by atoms with van der Waals surface area (Å²) in [4.78, 5) is 27.5. The molecule has 0 spiro atoms. The summed E-state index contributed by atoms with van der Waals surface area (Å²) in [6, 6.07) is 15.0. The third-order valence-corrected chi connectivity index (χ3v) is 6.13. The largest absolute Gasteiger partial charge is 0.507 e. The molecule has 1 atom stereocenters. The lowest BCUT2D eigenvalue weighted by Crippen LogP contribution is -2.29. The van der Waals surface area contributed by atoms with Gasteiger partial charge in [0.25, 0.3) is 11.7 Å². The molecule has 0 bridgehead atoms. The van der Waals surface area contributed by atoms with Crippen molar-refractivity contribution in [1.82, 2.24) is 0 Å². The van der Waals surface area contributed by atoms with Gasteiger partial charge >= 0.3 is 0 Å². The van der Waals surface area contributed by atoms with Gasteiger partial charge in [-0.25, -0.2) is 4.39 Å². The maximum atomic E-state index is 13.8. The third-order valence-electron chi connectivity index (χ3n) is 5.84. The summed E-state index contributed by atoms with van der Waals surface area (Å²) >= 11 is 5.96. The Bertz CT molecular complexity index is 1300. The van der Waals surface area contributed by atoms with Crippen molar-refractivity contribution < 1.29 is 23.8 Å². The van der Waals surface area contributed by atoms with Crippen LogP contribution in [0.4, 0.5) is 10.1 Å². The van der Waals surface area contributed by atoms with Crippen LogP contribution in [0.15, 0.2) is 66.2 Å². The number of anilines is 1. The number of aliphatic hydroxyl groups excluding tert-OH is 1. The Morgan fingerprint density at radius 3 is 2.30 bits per heavy atom. The number of aliphatic hydroxyl groups is 1. The zero-order valence-corrected chi connectivity index (χ0v) is 19.0. The Morgan fingerprint density at radius 1 is 1.00 bits per heavy atom. The van der Waals surface area contributed by atoms with Crippen LogP contribution in [0.25, 0.3) is 5.76 Å². The molecule has 1 saturated heterocycles. The van der Waals surface area contributed by atoms with Crippen LogP contribution in [0.5, 0.6) is 5.75 Å². The lowest BCUT2D eigenvalue weighted by Gasteiger charge is -2.26. The first-order valence-electron chi connectivity index (χ1n) is 10.2. The standard InChI is InChI=1S/C26H21ClFNO4/c1-14-4-5-17(12-15(14)2)24(30)22-23(16-6-9-19(33-3)10-7-16)29(26(32)25(22)31)18-8-11-21(28)20(27)13-18/h4-13,23,30H,1-3H3/b24-22+. The smallest absolute Gasteiger partial charge is 0.300 e. The van der Waals surface area contributed by atoms with E-state index in [1.807, 2.05) is 19.9 Å². The van der Waals surface area contributed by atoms with Crippen LogP contribution in [0, 0.1) is 19.7 Å². The zero-order chi connectivity index (χ0) is 23.9. The number of carbonyl (C=O) groups excluding carboxylic acids is 2. The zero-order valence-electron chi connectivity index (χ0n) is 18.2. The second kappa shape index (κ2) is 8.71. The molecule has 3 aromatic carbocycles. The number of Topliss-reactive ketones (excluding diaryl/α,β-unsaturated/α-hetero) is 1. The Kier molecular flexibility index (Phi) is 5.95. The lowest BCUT2D eigenvalue weighted by molar-refractivity contribution is -0.132. The van der Waals surface area contributed by atoms with Crippen LogP contribution >= 0.6 is 11.6 Å². The van der Waals surface area contributed by atoms with Gasteiger partial charge in [0.05, 0.1) is 23.7 Å². The summed E-state index contributed by atoms with van der Waals surface area (Å²) in [7, 11) is 1.53. The monoisotopic (exact) mass is 465 g/mol. The van der Waals surface area contributed by atoms with E-state index in [-0.39, 0.29) is 22.0 Å². The Labute approximate surface area is 195 Å². The molecule has 7 heteroatoms. The minimum Gasteiger partial charge on any atom is -0.507 e. The minimum absolute atomic E-state index is 0.0612. The maximum absolute atomic E-state index is 13.8. The van der Waals surface area contributed by atoms with Crippen molar-refractivity contribution in [1.29, 1.82) is 0 Å². The Balaban J connectivity index is 1.95. The van der Waals surface area contributed by atoms with Crippen LogP contribution in [0.3, 0.4) is 0 Å². The molecular formula is C26H21ClFNO4. The number of benzene rings is 3. The molecule has 1 N–H and O–H groups in total. The van der Waals surface area contributed by atoms with E-state index in [4.69, 9.17) is 16.3 Å². The fourth-order valence-corrected chi connectivity index (χ4v) is 4.05. The predicted molar refractivity (Wildman–Crippen MR) is 125 cm³/mol. The summed E-state index contributed by atoms with van der Waals surface area (Å²) in [5.41, 5.74) is 3.13. The van der Waals surface area contributed by atoms with Gasteiger partial charge < -0.3 is 9.84 Å². The second-order valence-electron chi connectivity index (χ2n) is 7.84. The molecule has 168 valence electrons. The second-order valence-corrected chi connectivity index (χ2v) is 8.25. The summed E-state index contributed by atoms with van der Waals surface area (Å²) in [5, 5.41) is 11.0. The van der Waals surface area contributed by atoms with Crippen LogP contribution in [0.2, 0.25) is 5.02 Å². The van der Waals surface area contributed by atoms with Crippen molar-refractivity contribution in [2.24, 2.45) is 0 Å². The molecule has 1 unspecified atom stereocenters. The van der Waals surface area contributed by atoms with Crippen LogP contribution in [-0.4, -0.2) is 23.9 Å². The number of rotatable bonds is 4. The number of carbonyl (C=O) groups is 2. The molecule has 0 radical (unpaired) electrons. The molecule has 0 aliphatic carbocycles. The molecule has 1 amide bonds. The Hall–Kier alpha value is -3.64. The van der Waals surface area contributed by atoms with E-state index in [0.717, 1.165) is 17.2 Å². The van der Waals surface area contributed by atoms with E-state index in [2.05, 4.69) is 0 Å². The van der Waals surface area contributed by atoms with Gasteiger partial charge in [0.2, 0.25) is 0 Å². The van der Waals surface area contributed by atoms with E-state index in [1.54, 1.807) is 36.4 Å². The quantitative estimate of drug-likeness (QED) is 0.303. The third kappa shape index (κ3) is 3.98. The average molecular weight is 466 g/mol.